The van der Waals surface area contributed by atoms with E-state index < -0.39 is 29.3 Å². The predicted octanol–water partition coefficient (Wildman–Crippen LogP) is 5.33. The van der Waals surface area contributed by atoms with Gasteiger partial charge in [0, 0.05) is 6.42 Å². The second-order valence-corrected chi connectivity index (χ2v) is 10.7. The summed E-state index contributed by atoms with van der Waals surface area (Å²) in [7, 11) is 0. The number of carbonyl (C=O) groups is 2. The SMILES string of the molecule is C=Cc1c(/C=C\C)nnn1OCOc1ccc(C[C@@H](NC(=O)OC(C)(C)C)C(=O)OC(C)(C)c2ccccc2)cc1. The van der Waals surface area contributed by atoms with Gasteiger partial charge in [-0.15, -0.1) is 5.10 Å². The van der Waals surface area contributed by atoms with E-state index in [4.69, 9.17) is 19.0 Å². The Balaban J connectivity index is 1.67. The van der Waals surface area contributed by atoms with E-state index in [0.29, 0.717) is 17.1 Å². The van der Waals surface area contributed by atoms with Crippen LogP contribution in [0.1, 0.15) is 64.1 Å². The number of carbonyl (C=O) groups excluding carboxylic acids is 2. The average Bonchev–Trinajstić information content (AvgIpc) is 3.30. The van der Waals surface area contributed by atoms with Crippen LogP contribution < -0.4 is 14.9 Å². The van der Waals surface area contributed by atoms with Crippen molar-refractivity contribution in [3.8, 4) is 5.75 Å². The number of aromatic nitrogens is 3. The van der Waals surface area contributed by atoms with Crippen molar-refractivity contribution in [1.29, 1.82) is 0 Å². The summed E-state index contributed by atoms with van der Waals surface area (Å²) in [5, 5.41) is 10.6. The zero-order valence-electron chi connectivity index (χ0n) is 24.4. The molecule has 41 heavy (non-hydrogen) atoms. The molecule has 3 aromatic rings. The van der Waals surface area contributed by atoms with E-state index in [9.17, 15) is 9.59 Å². The number of alkyl carbamates (subject to hydrolysis) is 1. The number of ether oxygens (including phenoxy) is 3. The highest BCUT2D eigenvalue weighted by Crippen LogP contribution is 2.25. The first kappa shape index (κ1) is 30.9. The summed E-state index contributed by atoms with van der Waals surface area (Å²) in [6.07, 6.45) is 4.70. The van der Waals surface area contributed by atoms with Crippen LogP contribution in [0.15, 0.2) is 67.3 Å². The predicted molar refractivity (Wildman–Crippen MR) is 156 cm³/mol. The lowest BCUT2D eigenvalue weighted by atomic mass is 9.98. The van der Waals surface area contributed by atoms with Crippen LogP contribution in [0.3, 0.4) is 0 Å². The third-order valence-corrected chi connectivity index (χ3v) is 5.78. The van der Waals surface area contributed by atoms with Crippen molar-refractivity contribution < 1.29 is 28.6 Å². The summed E-state index contributed by atoms with van der Waals surface area (Å²) < 4.78 is 16.9. The first-order valence-corrected chi connectivity index (χ1v) is 13.3. The van der Waals surface area contributed by atoms with E-state index in [1.165, 1.54) is 4.85 Å². The molecule has 0 fully saturated rings. The summed E-state index contributed by atoms with van der Waals surface area (Å²) in [4.78, 5) is 32.7. The van der Waals surface area contributed by atoms with E-state index in [-0.39, 0.29) is 13.2 Å². The molecule has 0 radical (unpaired) electrons. The summed E-state index contributed by atoms with van der Waals surface area (Å²) in [5.74, 6) is -0.0475. The Kier molecular flexibility index (Phi) is 10.3. The first-order chi connectivity index (χ1) is 19.4. The third-order valence-electron chi connectivity index (χ3n) is 5.78. The summed E-state index contributed by atoms with van der Waals surface area (Å²) in [6, 6.07) is 15.5. The van der Waals surface area contributed by atoms with Crippen LogP contribution in [0.25, 0.3) is 12.2 Å². The van der Waals surface area contributed by atoms with Crippen molar-refractivity contribution in [3.63, 3.8) is 0 Å². The minimum atomic E-state index is -0.987. The molecule has 0 saturated heterocycles. The van der Waals surface area contributed by atoms with Gasteiger partial charge in [-0.05, 0) is 82.2 Å². The van der Waals surface area contributed by atoms with Crippen LogP contribution in [-0.4, -0.2) is 45.7 Å². The normalized spacial score (nSPS) is 12.4. The molecule has 0 aliphatic carbocycles. The van der Waals surface area contributed by atoms with Gasteiger partial charge in [0.25, 0.3) is 6.79 Å². The molecule has 3 rings (SSSR count). The number of allylic oxidation sites excluding steroid dienone is 1. The maximum Gasteiger partial charge on any atom is 0.408 e. The summed E-state index contributed by atoms with van der Waals surface area (Å²) >= 11 is 0. The van der Waals surface area contributed by atoms with Gasteiger partial charge in [-0.3, -0.25) is 0 Å². The molecular formula is C31H38N4O6. The number of amides is 1. The quantitative estimate of drug-likeness (QED) is 0.233. The number of hydrogen-bond acceptors (Lipinski definition) is 8. The van der Waals surface area contributed by atoms with E-state index in [0.717, 1.165) is 11.1 Å². The Bertz CT molecular complexity index is 1340. The van der Waals surface area contributed by atoms with Crippen LogP contribution in [-0.2, 0) is 26.3 Å². The molecule has 1 atom stereocenters. The zero-order valence-corrected chi connectivity index (χ0v) is 24.4. The average molecular weight is 563 g/mol. The monoisotopic (exact) mass is 562 g/mol. The standard InChI is InChI=1S/C31H38N4O6/c1-8-13-25-27(9-2)35(34-33-25)39-21-38-24-18-16-22(17-19-24)20-26(32-29(37)41-30(3,4)5)28(36)40-31(6,7)23-14-11-10-12-15-23/h8-19,26H,2,20-21H2,1,3-7H3,(H,32,37)/b13-8-/t26-/m1/s1. The highest BCUT2D eigenvalue weighted by Gasteiger charge is 2.32. The van der Waals surface area contributed by atoms with Crippen molar-refractivity contribution in [2.24, 2.45) is 0 Å². The largest absolute Gasteiger partial charge is 0.455 e. The minimum absolute atomic E-state index is 0.122. The number of nitrogens with zero attached hydrogens (tertiary/aromatic N) is 3. The van der Waals surface area contributed by atoms with Gasteiger partial charge in [-0.25, -0.2) is 9.59 Å². The van der Waals surface area contributed by atoms with Crippen molar-refractivity contribution in [3.05, 3.63) is 89.8 Å². The van der Waals surface area contributed by atoms with Crippen LogP contribution in [0, 0.1) is 0 Å². The van der Waals surface area contributed by atoms with Crippen LogP contribution in [0.4, 0.5) is 4.79 Å². The number of nitrogens with one attached hydrogen (secondary N) is 1. The molecule has 1 heterocycles. The Labute approximate surface area is 240 Å². The highest BCUT2D eigenvalue weighted by molar-refractivity contribution is 5.82. The van der Waals surface area contributed by atoms with Gasteiger partial charge in [0.1, 0.15) is 34.4 Å². The fourth-order valence-corrected chi connectivity index (χ4v) is 3.81. The lowest BCUT2D eigenvalue weighted by molar-refractivity contribution is -0.160. The van der Waals surface area contributed by atoms with E-state index in [1.807, 2.05) is 43.3 Å². The van der Waals surface area contributed by atoms with Gasteiger partial charge in [0.05, 0.1) is 0 Å². The Morgan fingerprint density at radius 1 is 1.02 bits per heavy atom. The second-order valence-electron chi connectivity index (χ2n) is 10.7. The Morgan fingerprint density at radius 3 is 2.32 bits per heavy atom. The number of hydrogen-bond donors (Lipinski definition) is 1. The zero-order chi connectivity index (χ0) is 30.0. The molecule has 0 saturated carbocycles. The van der Waals surface area contributed by atoms with Gasteiger partial charge in [-0.2, -0.15) is 0 Å². The third kappa shape index (κ3) is 9.23. The highest BCUT2D eigenvalue weighted by atomic mass is 16.8. The van der Waals surface area contributed by atoms with Gasteiger partial charge in [0.15, 0.2) is 0 Å². The Morgan fingerprint density at radius 2 is 1.71 bits per heavy atom. The lowest BCUT2D eigenvalue weighted by Gasteiger charge is -2.29. The van der Waals surface area contributed by atoms with E-state index in [1.54, 1.807) is 71.0 Å². The summed E-state index contributed by atoms with van der Waals surface area (Å²) in [5.41, 5.74) is 1.20. The van der Waals surface area contributed by atoms with Gasteiger partial charge < -0.3 is 24.4 Å². The summed E-state index contributed by atoms with van der Waals surface area (Å²) in [6.45, 7) is 14.4. The minimum Gasteiger partial charge on any atom is -0.455 e. The fourth-order valence-electron chi connectivity index (χ4n) is 3.81. The maximum absolute atomic E-state index is 13.3. The Hall–Kier alpha value is -4.60. The number of benzene rings is 2. The smallest absolute Gasteiger partial charge is 0.408 e. The molecule has 0 spiro atoms. The van der Waals surface area contributed by atoms with Crippen molar-refractivity contribution in [1.82, 2.24) is 20.5 Å². The van der Waals surface area contributed by atoms with Crippen LogP contribution in [0.2, 0.25) is 0 Å². The topological polar surface area (TPSA) is 114 Å². The molecule has 2 aromatic carbocycles. The maximum atomic E-state index is 13.3. The van der Waals surface area contributed by atoms with Gasteiger partial charge in [0.2, 0.25) is 0 Å². The van der Waals surface area contributed by atoms with Crippen molar-refractivity contribution in [2.75, 3.05) is 6.79 Å². The molecule has 10 nitrogen and oxygen atoms in total. The second kappa shape index (κ2) is 13.6. The fraction of sp³-hybridized carbons (Fsp3) is 0.355. The van der Waals surface area contributed by atoms with Gasteiger partial charge >= 0.3 is 12.1 Å². The van der Waals surface area contributed by atoms with Gasteiger partial charge in [-0.1, -0.05) is 60.0 Å². The first-order valence-electron chi connectivity index (χ1n) is 13.3. The number of rotatable bonds is 12. The van der Waals surface area contributed by atoms with E-state index >= 15 is 0 Å². The molecule has 0 bridgehead atoms. The van der Waals surface area contributed by atoms with Crippen LogP contribution >= 0.6 is 0 Å². The van der Waals surface area contributed by atoms with Crippen molar-refractivity contribution >= 4 is 24.2 Å². The molecule has 0 aliphatic heterocycles. The molecule has 10 heteroatoms. The molecule has 1 aromatic heterocycles. The van der Waals surface area contributed by atoms with E-state index in [2.05, 4.69) is 22.2 Å². The van der Waals surface area contributed by atoms with Crippen LogP contribution in [0.5, 0.6) is 5.75 Å². The van der Waals surface area contributed by atoms with Crippen molar-refractivity contribution in [2.45, 2.75) is 65.2 Å². The molecule has 0 aliphatic rings. The molecule has 1 N–H and O–H groups in total. The molecule has 218 valence electrons. The molecular weight excluding hydrogens is 524 g/mol. The molecule has 1 amide bonds. The lowest BCUT2D eigenvalue weighted by Crippen LogP contribution is -2.47. The molecule has 0 unspecified atom stereocenters. The number of esters is 1.